The maximum Gasteiger partial charge on any atom is 0.303 e. The molecule has 1 aromatic heterocycles. The molecule has 1 heterocycles. The molecular weight excluding hydrogens is 426 g/mol. The number of aliphatic carboxylic acids is 1. The Kier molecular flexibility index (Phi) is 7.91. The van der Waals surface area contributed by atoms with Crippen molar-refractivity contribution in [2.75, 3.05) is 13.2 Å². The van der Waals surface area contributed by atoms with Crippen LogP contribution in [0.15, 0.2) is 54.7 Å². The minimum absolute atomic E-state index is 0.130. The summed E-state index contributed by atoms with van der Waals surface area (Å²) in [7, 11) is 0. The predicted octanol–water partition coefficient (Wildman–Crippen LogP) is 5.47. The smallest absolute Gasteiger partial charge is 0.303 e. The van der Waals surface area contributed by atoms with Crippen molar-refractivity contribution in [3.8, 4) is 17.1 Å². The third-order valence-corrected chi connectivity index (χ3v) is 6.47. The first-order valence-corrected chi connectivity index (χ1v) is 12.1. The van der Waals surface area contributed by atoms with E-state index in [9.17, 15) is 4.79 Å². The van der Waals surface area contributed by atoms with Crippen LogP contribution in [0, 0.1) is 6.92 Å². The maximum atomic E-state index is 11.1. The summed E-state index contributed by atoms with van der Waals surface area (Å²) in [5.74, 6) is 1.01. The summed E-state index contributed by atoms with van der Waals surface area (Å²) in [4.78, 5) is 20.3. The molecule has 6 nitrogen and oxygen atoms in total. The number of nitrogens with zero attached hydrogens (tertiary/aromatic N) is 2. The Labute approximate surface area is 201 Å². The number of carbonyl (C=O) groups is 1. The number of carboxylic acid groups (broad SMARTS) is 1. The molecule has 0 saturated heterocycles. The number of hydrogen-bond acceptors (Lipinski definition) is 5. The summed E-state index contributed by atoms with van der Waals surface area (Å²) >= 11 is 0. The van der Waals surface area contributed by atoms with E-state index in [1.807, 2.05) is 24.4 Å². The van der Waals surface area contributed by atoms with Gasteiger partial charge in [-0.3, -0.25) is 4.79 Å². The van der Waals surface area contributed by atoms with Crippen LogP contribution < -0.4 is 10.1 Å². The van der Waals surface area contributed by atoms with Crippen LogP contribution in [0.4, 0.5) is 0 Å². The Morgan fingerprint density at radius 2 is 2.03 bits per heavy atom. The van der Waals surface area contributed by atoms with Gasteiger partial charge in [-0.2, -0.15) is 0 Å². The van der Waals surface area contributed by atoms with Crippen molar-refractivity contribution in [1.29, 1.82) is 0 Å². The number of carboxylic acids is 1. The lowest BCUT2D eigenvalue weighted by Crippen LogP contribution is -2.24. The van der Waals surface area contributed by atoms with E-state index in [4.69, 9.17) is 14.8 Å². The van der Waals surface area contributed by atoms with Crippen molar-refractivity contribution < 1.29 is 14.6 Å². The Balaban J connectivity index is 1.26. The molecule has 1 unspecified atom stereocenters. The lowest BCUT2D eigenvalue weighted by molar-refractivity contribution is -0.137. The van der Waals surface area contributed by atoms with E-state index in [1.165, 1.54) is 11.1 Å². The molecule has 0 radical (unpaired) electrons. The fourth-order valence-electron chi connectivity index (χ4n) is 4.60. The van der Waals surface area contributed by atoms with E-state index >= 15 is 0 Å². The number of nitrogens with one attached hydrogen (secondary N) is 1. The van der Waals surface area contributed by atoms with Gasteiger partial charge in [-0.1, -0.05) is 42.8 Å². The molecular formula is C28H33N3O3. The zero-order chi connectivity index (χ0) is 23.9. The van der Waals surface area contributed by atoms with Gasteiger partial charge in [0.1, 0.15) is 5.75 Å². The molecule has 0 spiro atoms. The van der Waals surface area contributed by atoms with Gasteiger partial charge in [0.25, 0.3) is 0 Å². The van der Waals surface area contributed by atoms with Crippen LogP contribution in [0.25, 0.3) is 11.4 Å². The number of hydrogen-bond donors (Lipinski definition) is 2. The number of benzene rings is 2. The SMILES string of the molecule is CCC(NCCCOc1ccc2c(c1)CC[C@H]2CC(=O)O)c1ccnc(-c2ccc(C)cc2)n1. The van der Waals surface area contributed by atoms with E-state index in [0.29, 0.717) is 6.61 Å². The van der Waals surface area contributed by atoms with Crippen molar-refractivity contribution in [3.05, 3.63) is 77.1 Å². The summed E-state index contributed by atoms with van der Waals surface area (Å²) in [6, 6.07) is 16.5. The first-order chi connectivity index (χ1) is 16.5. The first-order valence-electron chi connectivity index (χ1n) is 12.1. The number of ether oxygens (including phenoxy) is 1. The summed E-state index contributed by atoms with van der Waals surface area (Å²) < 4.78 is 5.97. The van der Waals surface area contributed by atoms with Gasteiger partial charge in [0.15, 0.2) is 5.82 Å². The van der Waals surface area contributed by atoms with E-state index in [-0.39, 0.29) is 18.4 Å². The van der Waals surface area contributed by atoms with Crippen LogP contribution in [-0.4, -0.2) is 34.2 Å². The van der Waals surface area contributed by atoms with E-state index in [1.54, 1.807) is 0 Å². The van der Waals surface area contributed by atoms with Crippen LogP contribution in [0.2, 0.25) is 0 Å². The van der Waals surface area contributed by atoms with Crippen molar-refractivity contribution >= 4 is 5.97 Å². The highest BCUT2D eigenvalue weighted by atomic mass is 16.5. The molecule has 1 aliphatic rings. The Hall–Kier alpha value is -3.25. The minimum Gasteiger partial charge on any atom is -0.494 e. The van der Waals surface area contributed by atoms with Crippen molar-refractivity contribution in [3.63, 3.8) is 0 Å². The molecule has 34 heavy (non-hydrogen) atoms. The van der Waals surface area contributed by atoms with Crippen LogP contribution >= 0.6 is 0 Å². The first kappa shape index (κ1) is 23.9. The Bertz CT molecular complexity index is 1110. The third-order valence-electron chi connectivity index (χ3n) is 6.47. The number of aryl methyl sites for hydroxylation is 2. The van der Waals surface area contributed by atoms with Gasteiger partial charge in [0.2, 0.25) is 0 Å². The quantitative estimate of drug-likeness (QED) is 0.370. The van der Waals surface area contributed by atoms with Crippen LogP contribution in [0.3, 0.4) is 0 Å². The zero-order valence-electron chi connectivity index (χ0n) is 20.0. The molecule has 2 atom stereocenters. The lowest BCUT2D eigenvalue weighted by Gasteiger charge is -2.17. The molecule has 0 saturated carbocycles. The van der Waals surface area contributed by atoms with Crippen molar-refractivity contribution in [1.82, 2.24) is 15.3 Å². The number of aromatic nitrogens is 2. The summed E-state index contributed by atoms with van der Waals surface area (Å²) in [5, 5.41) is 12.7. The number of fused-ring (bicyclic) bond motifs is 1. The second kappa shape index (κ2) is 11.3. The van der Waals surface area contributed by atoms with Gasteiger partial charge < -0.3 is 15.2 Å². The van der Waals surface area contributed by atoms with Gasteiger partial charge >= 0.3 is 5.97 Å². The number of rotatable bonds is 11. The van der Waals surface area contributed by atoms with E-state index < -0.39 is 5.97 Å². The molecule has 6 heteroatoms. The van der Waals surface area contributed by atoms with Gasteiger partial charge in [0.05, 0.1) is 18.7 Å². The predicted molar refractivity (Wildman–Crippen MR) is 133 cm³/mol. The standard InChI is InChI=1S/C28H33N3O3/c1-3-25(26-13-15-30-28(31-26)20-7-5-19(2)6-8-20)29-14-4-16-34-23-11-12-24-21(17-23)9-10-22(24)18-27(32)33/h5-8,11-13,15,17,22,25,29H,3-4,9-10,14,16,18H2,1-2H3,(H,32,33)/t22-,25?/m0/s1. The monoisotopic (exact) mass is 459 g/mol. The summed E-state index contributed by atoms with van der Waals surface area (Å²) in [5.41, 5.74) is 5.64. The highest BCUT2D eigenvalue weighted by Crippen LogP contribution is 2.37. The van der Waals surface area contributed by atoms with Gasteiger partial charge in [-0.05, 0) is 74.4 Å². The van der Waals surface area contributed by atoms with Gasteiger partial charge in [-0.25, -0.2) is 9.97 Å². The zero-order valence-corrected chi connectivity index (χ0v) is 20.0. The molecule has 2 N–H and O–H groups in total. The van der Waals surface area contributed by atoms with E-state index in [2.05, 4.69) is 54.5 Å². The van der Waals surface area contributed by atoms with Crippen molar-refractivity contribution in [2.24, 2.45) is 0 Å². The minimum atomic E-state index is -0.732. The molecule has 178 valence electrons. The Morgan fingerprint density at radius 3 is 2.79 bits per heavy atom. The van der Waals surface area contributed by atoms with E-state index in [0.717, 1.165) is 60.6 Å². The Morgan fingerprint density at radius 1 is 1.21 bits per heavy atom. The molecule has 0 fully saturated rings. The molecule has 2 aromatic carbocycles. The highest BCUT2D eigenvalue weighted by Gasteiger charge is 2.24. The average Bonchev–Trinajstić information content (AvgIpc) is 3.23. The van der Waals surface area contributed by atoms with Crippen molar-refractivity contribution in [2.45, 2.75) is 57.9 Å². The van der Waals surface area contributed by atoms with Crippen LogP contribution in [0.5, 0.6) is 5.75 Å². The van der Waals surface area contributed by atoms with Gasteiger partial charge in [-0.15, -0.1) is 0 Å². The largest absolute Gasteiger partial charge is 0.494 e. The lowest BCUT2D eigenvalue weighted by atomic mass is 9.98. The van der Waals surface area contributed by atoms with Crippen LogP contribution in [0.1, 0.15) is 67.0 Å². The second-order valence-electron chi connectivity index (χ2n) is 8.98. The fraction of sp³-hybridized carbons (Fsp3) is 0.393. The second-order valence-corrected chi connectivity index (χ2v) is 8.98. The molecule has 3 aromatic rings. The molecule has 0 aliphatic heterocycles. The normalized spacial score (nSPS) is 15.6. The van der Waals surface area contributed by atoms with Gasteiger partial charge in [0, 0.05) is 17.8 Å². The molecule has 0 amide bonds. The highest BCUT2D eigenvalue weighted by molar-refractivity contribution is 5.68. The fourth-order valence-corrected chi connectivity index (χ4v) is 4.60. The topological polar surface area (TPSA) is 84.3 Å². The molecule has 1 aliphatic carbocycles. The summed E-state index contributed by atoms with van der Waals surface area (Å²) in [6.07, 6.45) is 5.69. The molecule has 0 bridgehead atoms. The maximum absolute atomic E-state index is 11.1. The average molecular weight is 460 g/mol. The van der Waals surface area contributed by atoms with Crippen LogP contribution in [-0.2, 0) is 11.2 Å². The third kappa shape index (κ3) is 6.00. The molecule has 4 rings (SSSR count). The summed E-state index contributed by atoms with van der Waals surface area (Å²) in [6.45, 7) is 5.68.